The molecule has 0 atom stereocenters. The van der Waals surface area contributed by atoms with Crippen LogP contribution in [0.15, 0.2) is 45.6 Å². The Bertz CT molecular complexity index is 700. The Labute approximate surface area is 91.7 Å². The third kappa shape index (κ3) is 1.37. The molecule has 1 aromatic carbocycles. The van der Waals surface area contributed by atoms with Crippen LogP contribution in [0.3, 0.4) is 0 Å². The first-order valence-corrected chi connectivity index (χ1v) is 5.04. The van der Waals surface area contributed by atoms with Gasteiger partial charge in [-0.15, -0.1) is 0 Å². The van der Waals surface area contributed by atoms with E-state index in [1.807, 2.05) is 25.1 Å². The topological polar surface area (TPSA) is 43.1 Å². The molecule has 0 bridgehead atoms. The molecular formula is C13H9NO2. The van der Waals surface area contributed by atoms with Gasteiger partial charge in [-0.25, -0.2) is 4.98 Å². The first kappa shape index (κ1) is 9.09. The van der Waals surface area contributed by atoms with Crippen LogP contribution in [0.2, 0.25) is 0 Å². The third-order valence-corrected chi connectivity index (χ3v) is 2.51. The molecule has 78 valence electrons. The lowest BCUT2D eigenvalue weighted by Crippen LogP contribution is -1.99. The Kier molecular flexibility index (Phi) is 1.80. The summed E-state index contributed by atoms with van der Waals surface area (Å²) in [5.41, 5.74) is 3.28. The Morgan fingerprint density at radius 2 is 2.00 bits per heavy atom. The summed E-state index contributed by atoms with van der Waals surface area (Å²) in [6.07, 6.45) is 0. The van der Waals surface area contributed by atoms with Gasteiger partial charge in [-0.2, -0.15) is 0 Å². The van der Waals surface area contributed by atoms with Crippen LogP contribution in [0.1, 0.15) is 5.56 Å². The van der Waals surface area contributed by atoms with Gasteiger partial charge >= 0.3 is 0 Å². The van der Waals surface area contributed by atoms with Crippen LogP contribution in [0, 0.1) is 6.92 Å². The van der Waals surface area contributed by atoms with Crippen LogP contribution in [-0.4, -0.2) is 4.98 Å². The van der Waals surface area contributed by atoms with Gasteiger partial charge < -0.3 is 4.42 Å². The standard InChI is InChI=1S/C13H9NO2/c1-8-2-5-12-11(6-8)14-10-4-3-9(15)7-13(10)16-12/h2-7H,1H3. The molecule has 0 N–H and O–H groups in total. The maximum atomic E-state index is 11.2. The highest BCUT2D eigenvalue weighted by molar-refractivity contribution is 5.76. The fourth-order valence-electron chi connectivity index (χ4n) is 1.72. The number of aryl methyl sites for hydroxylation is 1. The molecule has 1 aliphatic carbocycles. The van der Waals surface area contributed by atoms with Crippen molar-refractivity contribution in [1.29, 1.82) is 0 Å². The zero-order chi connectivity index (χ0) is 11.1. The molecular weight excluding hydrogens is 202 g/mol. The van der Waals surface area contributed by atoms with E-state index in [1.54, 1.807) is 6.07 Å². The lowest BCUT2D eigenvalue weighted by molar-refractivity contribution is 0.612. The Hall–Kier alpha value is -2.16. The Morgan fingerprint density at radius 3 is 2.88 bits per heavy atom. The van der Waals surface area contributed by atoms with Crippen LogP contribution in [0.5, 0.6) is 0 Å². The van der Waals surface area contributed by atoms with E-state index in [-0.39, 0.29) is 5.43 Å². The zero-order valence-electron chi connectivity index (χ0n) is 8.73. The van der Waals surface area contributed by atoms with Gasteiger partial charge in [0.25, 0.3) is 0 Å². The molecule has 1 aromatic rings. The van der Waals surface area contributed by atoms with E-state index in [0.29, 0.717) is 17.0 Å². The van der Waals surface area contributed by atoms with E-state index < -0.39 is 0 Å². The van der Waals surface area contributed by atoms with Crippen LogP contribution in [0.25, 0.3) is 22.6 Å². The molecule has 2 aliphatic rings. The van der Waals surface area contributed by atoms with Crippen LogP contribution >= 0.6 is 0 Å². The van der Waals surface area contributed by atoms with E-state index in [1.165, 1.54) is 12.1 Å². The number of hydrogen-bond acceptors (Lipinski definition) is 3. The molecule has 3 nitrogen and oxygen atoms in total. The lowest BCUT2D eigenvalue weighted by atomic mass is 10.2. The van der Waals surface area contributed by atoms with Gasteiger partial charge in [0.05, 0.1) is 0 Å². The fraction of sp³-hybridized carbons (Fsp3) is 0.0769. The van der Waals surface area contributed by atoms with E-state index >= 15 is 0 Å². The van der Waals surface area contributed by atoms with Gasteiger partial charge in [0.2, 0.25) is 0 Å². The van der Waals surface area contributed by atoms with E-state index in [9.17, 15) is 4.79 Å². The van der Waals surface area contributed by atoms with Gasteiger partial charge in [0.15, 0.2) is 16.8 Å². The molecule has 0 unspecified atom stereocenters. The van der Waals surface area contributed by atoms with Crippen molar-refractivity contribution in [2.75, 3.05) is 0 Å². The van der Waals surface area contributed by atoms with Crippen molar-refractivity contribution in [1.82, 2.24) is 4.98 Å². The maximum absolute atomic E-state index is 11.2. The molecule has 3 rings (SSSR count). The molecule has 0 aromatic heterocycles. The smallest absolute Gasteiger partial charge is 0.182 e. The quantitative estimate of drug-likeness (QED) is 0.537. The number of nitrogens with zero attached hydrogens (tertiary/aromatic N) is 1. The van der Waals surface area contributed by atoms with Crippen molar-refractivity contribution in [2.24, 2.45) is 0 Å². The predicted molar refractivity (Wildman–Crippen MR) is 61.6 cm³/mol. The summed E-state index contributed by atoms with van der Waals surface area (Å²) in [7, 11) is 0. The van der Waals surface area contributed by atoms with Gasteiger partial charge in [-0.3, -0.25) is 4.79 Å². The lowest BCUT2D eigenvalue weighted by Gasteiger charge is -2.05. The number of hydrogen-bond donors (Lipinski definition) is 0. The van der Waals surface area contributed by atoms with Crippen molar-refractivity contribution in [3.8, 4) is 11.5 Å². The second-order valence-corrected chi connectivity index (χ2v) is 3.81. The summed E-state index contributed by atoms with van der Waals surface area (Å²) in [5.74, 6) is 0.531. The van der Waals surface area contributed by atoms with Gasteiger partial charge in [-0.1, -0.05) is 6.07 Å². The molecule has 0 spiro atoms. The normalized spacial score (nSPS) is 11.1. The first-order chi connectivity index (χ1) is 7.72. The molecule has 0 saturated heterocycles. The SMILES string of the molecule is Cc1ccc2oc3cc(=O)ccc-3nc2c1. The highest BCUT2D eigenvalue weighted by Gasteiger charge is 2.08. The molecule has 1 aliphatic heterocycles. The number of fused-ring (bicyclic) bond motifs is 2. The highest BCUT2D eigenvalue weighted by atomic mass is 16.3. The monoisotopic (exact) mass is 211 g/mol. The second kappa shape index (κ2) is 3.17. The molecule has 1 heterocycles. The van der Waals surface area contributed by atoms with E-state index in [0.717, 1.165) is 11.1 Å². The number of benzene rings is 2. The zero-order valence-corrected chi connectivity index (χ0v) is 8.73. The molecule has 0 radical (unpaired) electrons. The minimum Gasteiger partial charge on any atom is -0.453 e. The van der Waals surface area contributed by atoms with Crippen LogP contribution < -0.4 is 5.43 Å². The predicted octanol–water partition coefficient (Wildman–Crippen LogP) is 2.60. The van der Waals surface area contributed by atoms with Crippen molar-refractivity contribution >= 4 is 11.1 Å². The second-order valence-electron chi connectivity index (χ2n) is 3.81. The van der Waals surface area contributed by atoms with Gasteiger partial charge in [0.1, 0.15) is 11.2 Å². The number of aromatic nitrogens is 1. The summed E-state index contributed by atoms with van der Waals surface area (Å²) in [4.78, 5) is 15.6. The molecule has 3 heteroatoms. The molecule has 16 heavy (non-hydrogen) atoms. The summed E-state index contributed by atoms with van der Waals surface area (Å²) < 4.78 is 5.62. The third-order valence-electron chi connectivity index (χ3n) is 2.51. The summed E-state index contributed by atoms with van der Waals surface area (Å²) in [6, 6.07) is 10.4. The number of rotatable bonds is 0. The Balaban J connectivity index is 2.45. The average molecular weight is 211 g/mol. The van der Waals surface area contributed by atoms with Crippen LogP contribution in [-0.2, 0) is 0 Å². The van der Waals surface area contributed by atoms with E-state index in [2.05, 4.69) is 4.98 Å². The van der Waals surface area contributed by atoms with Crippen molar-refractivity contribution in [3.63, 3.8) is 0 Å². The summed E-state index contributed by atoms with van der Waals surface area (Å²) in [6.45, 7) is 2.01. The molecule has 0 saturated carbocycles. The first-order valence-electron chi connectivity index (χ1n) is 5.04. The van der Waals surface area contributed by atoms with Crippen molar-refractivity contribution < 1.29 is 4.42 Å². The van der Waals surface area contributed by atoms with Crippen molar-refractivity contribution in [2.45, 2.75) is 6.92 Å². The van der Waals surface area contributed by atoms with E-state index in [4.69, 9.17) is 4.42 Å². The average Bonchev–Trinajstić information content (AvgIpc) is 2.26. The van der Waals surface area contributed by atoms with Gasteiger partial charge in [0, 0.05) is 6.07 Å². The molecule has 0 amide bonds. The largest absolute Gasteiger partial charge is 0.453 e. The maximum Gasteiger partial charge on any atom is 0.182 e. The van der Waals surface area contributed by atoms with Gasteiger partial charge in [-0.05, 0) is 36.8 Å². The molecule has 0 fully saturated rings. The van der Waals surface area contributed by atoms with Crippen molar-refractivity contribution in [3.05, 3.63) is 52.2 Å². The Morgan fingerprint density at radius 1 is 1.12 bits per heavy atom. The van der Waals surface area contributed by atoms with Crippen LogP contribution in [0.4, 0.5) is 0 Å². The minimum atomic E-state index is -0.0653. The highest BCUT2D eigenvalue weighted by Crippen LogP contribution is 2.23. The minimum absolute atomic E-state index is 0.0653. The summed E-state index contributed by atoms with van der Waals surface area (Å²) >= 11 is 0. The fourth-order valence-corrected chi connectivity index (χ4v) is 1.72. The summed E-state index contributed by atoms with van der Waals surface area (Å²) in [5, 5.41) is 0.